The van der Waals surface area contributed by atoms with E-state index in [1.807, 2.05) is 13.0 Å². The number of aryl methyl sites for hydroxylation is 1. The van der Waals surface area contributed by atoms with Gasteiger partial charge in [-0.2, -0.15) is 0 Å². The lowest BCUT2D eigenvalue weighted by molar-refractivity contribution is -0.384. The summed E-state index contributed by atoms with van der Waals surface area (Å²) in [5.74, 6) is 0.873. The first kappa shape index (κ1) is 12.8. The van der Waals surface area contributed by atoms with Crippen molar-refractivity contribution in [1.82, 2.24) is 0 Å². The molecule has 0 aliphatic rings. The molecule has 0 spiro atoms. The summed E-state index contributed by atoms with van der Waals surface area (Å²) in [5, 5.41) is 10.5. The number of benzene rings is 1. The highest BCUT2D eigenvalue weighted by atomic mass is 79.9. The topological polar surface area (TPSA) is 56.3 Å². The second kappa shape index (κ2) is 5.35. The summed E-state index contributed by atoms with van der Waals surface area (Å²) >= 11 is 3.59. The van der Waals surface area contributed by atoms with E-state index < -0.39 is 4.92 Å². The summed E-state index contributed by atoms with van der Waals surface area (Å²) < 4.78 is 5.25. The summed E-state index contributed by atoms with van der Waals surface area (Å²) in [7, 11) is 0. The van der Waals surface area contributed by atoms with Crippen LogP contribution < -0.4 is 0 Å². The SMILES string of the molecule is Cc1cc(C(Br)Cc2ccc([N+](=O)[O-])cc2)co1. The lowest BCUT2D eigenvalue weighted by Gasteiger charge is -2.06. The Bertz CT molecular complexity index is 548. The molecule has 5 heteroatoms. The molecule has 1 aromatic carbocycles. The molecule has 0 N–H and O–H groups in total. The third-order valence-electron chi connectivity index (χ3n) is 2.67. The normalized spacial score (nSPS) is 12.3. The summed E-state index contributed by atoms with van der Waals surface area (Å²) in [5.41, 5.74) is 2.23. The molecule has 0 radical (unpaired) electrons. The fourth-order valence-electron chi connectivity index (χ4n) is 1.71. The largest absolute Gasteiger partial charge is 0.469 e. The van der Waals surface area contributed by atoms with E-state index in [-0.39, 0.29) is 10.5 Å². The van der Waals surface area contributed by atoms with Gasteiger partial charge in [0, 0.05) is 22.5 Å². The van der Waals surface area contributed by atoms with Crippen LogP contribution in [0.15, 0.2) is 41.0 Å². The number of hydrogen-bond donors (Lipinski definition) is 0. The number of furan rings is 1. The van der Waals surface area contributed by atoms with Gasteiger partial charge in [-0.25, -0.2) is 0 Å². The molecule has 1 aromatic heterocycles. The van der Waals surface area contributed by atoms with E-state index in [0.717, 1.165) is 23.3 Å². The molecular formula is C13H12BrNO3. The average molecular weight is 310 g/mol. The lowest BCUT2D eigenvalue weighted by atomic mass is 10.1. The van der Waals surface area contributed by atoms with Crippen molar-refractivity contribution < 1.29 is 9.34 Å². The summed E-state index contributed by atoms with van der Waals surface area (Å²) in [6.07, 6.45) is 2.48. The first-order valence-corrected chi connectivity index (χ1v) is 6.40. The molecule has 94 valence electrons. The van der Waals surface area contributed by atoms with Crippen LogP contribution in [0.25, 0.3) is 0 Å². The van der Waals surface area contributed by atoms with E-state index in [0.29, 0.717) is 0 Å². The molecule has 1 atom stereocenters. The van der Waals surface area contributed by atoms with E-state index in [9.17, 15) is 10.1 Å². The van der Waals surface area contributed by atoms with Crippen molar-refractivity contribution in [3.63, 3.8) is 0 Å². The van der Waals surface area contributed by atoms with Crippen molar-refractivity contribution in [3.8, 4) is 0 Å². The van der Waals surface area contributed by atoms with Gasteiger partial charge in [0.15, 0.2) is 0 Å². The van der Waals surface area contributed by atoms with Gasteiger partial charge < -0.3 is 4.42 Å². The van der Waals surface area contributed by atoms with Gasteiger partial charge in [-0.15, -0.1) is 0 Å². The third-order valence-corrected chi connectivity index (χ3v) is 3.53. The van der Waals surface area contributed by atoms with Gasteiger partial charge in [0.2, 0.25) is 0 Å². The van der Waals surface area contributed by atoms with Crippen LogP contribution in [0.2, 0.25) is 0 Å². The molecule has 2 rings (SSSR count). The lowest BCUT2D eigenvalue weighted by Crippen LogP contribution is -1.94. The first-order valence-electron chi connectivity index (χ1n) is 5.48. The first-order chi connectivity index (χ1) is 8.56. The second-order valence-corrected chi connectivity index (χ2v) is 5.19. The molecule has 0 aliphatic heterocycles. The number of halogens is 1. The molecule has 18 heavy (non-hydrogen) atoms. The number of nitro groups is 1. The number of nitro benzene ring substituents is 1. The molecule has 0 saturated carbocycles. The zero-order valence-electron chi connectivity index (χ0n) is 9.80. The van der Waals surface area contributed by atoms with Crippen molar-refractivity contribution >= 4 is 21.6 Å². The molecule has 2 aromatic rings. The minimum atomic E-state index is -0.394. The monoisotopic (exact) mass is 309 g/mol. The molecule has 0 aliphatic carbocycles. The van der Waals surface area contributed by atoms with Crippen LogP contribution in [0.1, 0.15) is 21.7 Å². The predicted octanol–water partition coefficient (Wildman–Crippen LogP) is 4.17. The Morgan fingerprint density at radius 1 is 1.39 bits per heavy atom. The Balaban J connectivity index is 2.07. The summed E-state index contributed by atoms with van der Waals surface area (Å²) in [6.45, 7) is 1.90. The molecule has 4 nitrogen and oxygen atoms in total. The summed E-state index contributed by atoms with van der Waals surface area (Å²) in [6, 6.07) is 8.58. The van der Waals surface area contributed by atoms with Crippen molar-refractivity contribution in [1.29, 1.82) is 0 Å². The Morgan fingerprint density at radius 2 is 2.06 bits per heavy atom. The quantitative estimate of drug-likeness (QED) is 0.484. The Hall–Kier alpha value is -1.62. The Morgan fingerprint density at radius 3 is 2.56 bits per heavy atom. The summed E-state index contributed by atoms with van der Waals surface area (Å²) in [4.78, 5) is 10.3. The molecule has 1 unspecified atom stereocenters. The maximum atomic E-state index is 10.5. The highest BCUT2D eigenvalue weighted by Crippen LogP contribution is 2.28. The molecule has 0 saturated heterocycles. The fraction of sp³-hybridized carbons (Fsp3) is 0.231. The van der Waals surface area contributed by atoms with E-state index in [4.69, 9.17) is 4.42 Å². The van der Waals surface area contributed by atoms with Crippen molar-refractivity contribution in [2.75, 3.05) is 0 Å². The molecular weight excluding hydrogens is 298 g/mol. The van der Waals surface area contributed by atoms with Gasteiger partial charge >= 0.3 is 0 Å². The molecule has 1 heterocycles. The highest BCUT2D eigenvalue weighted by molar-refractivity contribution is 9.09. The van der Waals surface area contributed by atoms with E-state index in [1.54, 1.807) is 18.4 Å². The fourth-order valence-corrected chi connectivity index (χ4v) is 2.32. The zero-order valence-corrected chi connectivity index (χ0v) is 11.4. The Labute approximate surface area is 113 Å². The van der Waals surface area contributed by atoms with Gasteiger partial charge in [-0.1, -0.05) is 28.1 Å². The predicted molar refractivity (Wildman–Crippen MR) is 71.9 cm³/mol. The van der Waals surface area contributed by atoms with Gasteiger partial charge in [-0.3, -0.25) is 10.1 Å². The number of hydrogen-bond acceptors (Lipinski definition) is 3. The van der Waals surface area contributed by atoms with Crippen molar-refractivity contribution in [2.45, 2.75) is 18.2 Å². The second-order valence-electron chi connectivity index (χ2n) is 4.09. The molecule has 0 bridgehead atoms. The maximum absolute atomic E-state index is 10.5. The number of non-ortho nitro benzene ring substituents is 1. The standard InChI is InChI=1S/C13H12BrNO3/c1-9-6-11(8-18-9)13(14)7-10-2-4-12(5-3-10)15(16)17/h2-6,8,13H,7H2,1H3. The number of nitrogens with zero attached hydrogens (tertiary/aromatic N) is 1. The zero-order chi connectivity index (χ0) is 13.1. The van der Waals surface area contributed by atoms with Crippen LogP contribution in [0.4, 0.5) is 5.69 Å². The van der Waals surface area contributed by atoms with Crippen LogP contribution in [-0.2, 0) is 6.42 Å². The van der Waals surface area contributed by atoms with Crippen molar-refractivity contribution in [3.05, 3.63) is 63.6 Å². The van der Waals surface area contributed by atoms with Gasteiger partial charge in [0.05, 0.1) is 11.2 Å². The number of alkyl halides is 1. The third kappa shape index (κ3) is 2.98. The van der Waals surface area contributed by atoms with Crippen molar-refractivity contribution in [2.24, 2.45) is 0 Å². The van der Waals surface area contributed by atoms with Crippen LogP contribution in [-0.4, -0.2) is 4.92 Å². The van der Waals surface area contributed by atoms with E-state index >= 15 is 0 Å². The van der Waals surface area contributed by atoms with Crippen LogP contribution in [0, 0.1) is 17.0 Å². The van der Waals surface area contributed by atoms with E-state index in [1.165, 1.54) is 12.1 Å². The average Bonchev–Trinajstić information content (AvgIpc) is 2.76. The van der Waals surface area contributed by atoms with Gasteiger partial charge in [-0.05, 0) is 25.0 Å². The maximum Gasteiger partial charge on any atom is 0.269 e. The van der Waals surface area contributed by atoms with E-state index in [2.05, 4.69) is 15.9 Å². The minimum Gasteiger partial charge on any atom is -0.469 e. The van der Waals surface area contributed by atoms with Crippen LogP contribution in [0.5, 0.6) is 0 Å². The minimum absolute atomic E-state index is 0.115. The molecule has 0 fully saturated rings. The smallest absolute Gasteiger partial charge is 0.269 e. The van der Waals surface area contributed by atoms with Crippen LogP contribution in [0.3, 0.4) is 0 Å². The highest BCUT2D eigenvalue weighted by Gasteiger charge is 2.12. The number of rotatable bonds is 4. The Kier molecular flexibility index (Phi) is 3.81. The van der Waals surface area contributed by atoms with Gasteiger partial charge in [0.1, 0.15) is 5.76 Å². The molecule has 0 amide bonds. The van der Waals surface area contributed by atoms with Gasteiger partial charge in [0.25, 0.3) is 5.69 Å². The van der Waals surface area contributed by atoms with Crippen LogP contribution >= 0.6 is 15.9 Å².